The Balaban J connectivity index is 1.39. The molecule has 0 radical (unpaired) electrons. The van der Waals surface area contributed by atoms with E-state index in [1.807, 2.05) is 35.2 Å². The summed E-state index contributed by atoms with van der Waals surface area (Å²) in [4.78, 5) is 54.8. The highest BCUT2D eigenvalue weighted by atomic mass is 16.2. The summed E-state index contributed by atoms with van der Waals surface area (Å²) in [6.07, 6.45) is 4.95. The molecule has 0 saturated carbocycles. The van der Waals surface area contributed by atoms with Crippen LogP contribution in [0.5, 0.6) is 0 Å². The third-order valence-electron chi connectivity index (χ3n) is 7.24. The number of carbonyl (C=O) groups excluding carboxylic acids is 4. The second kappa shape index (κ2) is 12.5. The lowest BCUT2D eigenvalue weighted by Crippen LogP contribution is -2.53. The minimum atomic E-state index is -0.757. The van der Waals surface area contributed by atoms with E-state index in [1.165, 1.54) is 13.3 Å². The van der Waals surface area contributed by atoms with Crippen LogP contribution in [0, 0.1) is 5.92 Å². The van der Waals surface area contributed by atoms with Crippen LogP contribution in [0.1, 0.15) is 54.9 Å². The number of hydrogen-bond acceptors (Lipinski definition) is 4. The first kappa shape index (κ1) is 26.4. The van der Waals surface area contributed by atoms with Crippen molar-refractivity contribution >= 4 is 29.3 Å². The van der Waals surface area contributed by atoms with Gasteiger partial charge in [-0.1, -0.05) is 42.5 Å². The van der Waals surface area contributed by atoms with Crippen molar-refractivity contribution in [2.45, 2.75) is 51.5 Å². The molecular formula is C29H36N4O4. The second-order valence-corrected chi connectivity index (χ2v) is 9.96. The molecule has 2 aromatic rings. The maximum Gasteiger partial charge on any atom is 0.319 e. The number of anilines is 1. The Morgan fingerprint density at radius 3 is 2.24 bits per heavy atom. The van der Waals surface area contributed by atoms with E-state index in [4.69, 9.17) is 0 Å². The molecule has 2 aliphatic rings. The number of carbonyl (C=O) groups is 4. The molecule has 2 aromatic carbocycles. The standard InChI is InChI=1S/C29H36N4O4/c1-21(34)24-11-8-12-25(20-24)30-29(37)31-26(19-22-9-4-2-5-10-22)28(36)33-17-13-23(14-18-33)27(35)32-15-6-3-7-16-32/h2,4-5,8-12,20,23,26H,3,6-7,13-19H2,1H3,(H2,30,31,37)/t26-/m0/s1. The van der Waals surface area contributed by atoms with Crippen molar-refractivity contribution in [2.24, 2.45) is 5.92 Å². The predicted octanol–water partition coefficient (Wildman–Crippen LogP) is 3.87. The number of ketones is 1. The third kappa shape index (κ3) is 7.18. The van der Waals surface area contributed by atoms with Crippen LogP contribution in [-0.4, -0.2) is 65.6 Å². The van der Waals surface area contributed by atoms with Crippen LogP contribution in [0.3, 0.4) is 0 Å². The molecule has 4 amide bonds. The molecule has 2 N–H and O–H groups in total. The fourth-order valence-electron chi connectivity index (χ4n) is 5.13. The molecule has 0 spiro atoms. The molecule has 2 saturated heterocycles. The number of nitrogens with zero attached hydrogens (tertiary/aromatic N) is 2. The quantitative estimate of drug-likeness (QED) is 0.559. The monoisotopic (exact) mass is 504 g/mol. The maximum atomic E-state index is 13.6. The number of urea groups is 1. The van der Waals surface area contributed by atoms with Crippen molar-refractivity contribution in [2.75, 3.05) is 31.5 Å². The topological polar surface area (TPSA) is 98.8 Å². The van der Waals surface area contributed by atoms with Gasteiger partial charge < -0.3 is 20.4 Å². The van der Waals surface area contributed by atoms with Crippen molar-refractivity contribution in [3.63, 3.8) is 0 Å². The van der Waals surface area contributed by atoms with Crippen molar-refractivity contribution in [1.82, 2.24) is 15.1 Å². The normalized spacial score (nSPS) is 17.1. The number of likely N-dealkylation sites (tertiary alicyclic amines) is 2. The van der Waals surface area contributed by atoms with Crippen molar-refractivity contribution < 1.29 is 19.2 Å². The van der Waals surface area contributed by atoms with Gasteiger partial charge in [0.1, 0.15) is 6.04 Å². The zero-order valence-electron chi connectivity index (χ0n) is 21.4. The average Bonchev–Trinajstić information content (AvgIpc) is 2.93. The molecule has 8 heteroatoms. The van der Waals surface area contributed by atoms with Crippen molar-refractivity contribution in [1.29, 1.82) is 0 Å². The molecule has 2 heterocycles. The first-order chi connectivity index (χ1) is 17.9. The minimum absolute atomic E-state index is 0.0421. The van der Waals surface area contributed by atoms with E-state index in [-0.39, 0.29) is 23.5 Å². The van der Waals surface area contributed by atoms with Gasteiger partial charge in [-0.05, 0) is 56.7 Å². The highest BCUT2D eigenvalue weighted by Crippen LogP contribution is 2.23. The Hall–Kier alpha value is -3.68. The molecule has 0 aromatic heterocycles. The van der Waals surface area contributed by atoms with E-state index >= 15 is 0 Å². The molecule has 37 heavy (non-hydrogen) atoms. The predicted molar refractivity (Wildman–Crippen MR) is 142 cm³/mol. The third-order valence-corrected chi connectivity index (χ3v) is 7.24. The fraction of sp³-hybridized carbons (Fsp3) is 0.448. The van der Waals surface area contributed by atoms with E-state index in [0.29, 0.717) is 43.6 Å². The molecule has 0 bridgehead atoms. The number of rotatable bonds is 7. The number of benzene rings is 2. The number of hydrogen-bond donors (Lipinski definition) is 2. The fourth-order valence-corrected chi connectivity index (χ4v) is 5.13. The first-order valence-corrected chi connectivity index (χ1v) is 13.2. The summed E-state index contributed by atoms with van der Waals surface area (Å²) in [6.45, 7) is 4.14. The minimum Gasteiger partial charge on any atom is -0.342 e. The zero-order chi connectivity index (χ0) is 26.2. The number of amides is 4. The Bertz CT molecular complexity index is 1110. The maximum absolute atomic E-state index is 13.6. The zero-order valence-corrected chi connectivity index (χ0v) is 21.4. The van der Waals surface area contributed by atoms with E-state index in [2.05, 4.69) is 10.6 Å². The molecule has 8 nitrogen and oxygen atoms in total. The van der Waals surface area contributed by atoms with Gasteiger partial charge in [0.25, 0.3) is 0 Å². The summed E-state index contributed by atoms with van der Waals surface area (Å²) in [5.41, 5.74) is 1.92. The summed E-state index contributed by atoms with van der Waals surface area (Å²) < 4.78 is 0. The largest absolute Gasteiger partial charge is 0.342 e. The first-order valence-electron chi connectivity index (χ1n) is 13.2. The molecule has 196 valence electrons. The van der Waals surface area contributed by atoms with Gasteiger partial charge in [0.2, 0.25) is 11.8 Å². The molecule has 2 aliphatic heterocycles. The average molecular weight is 505 g/mol. The highest BCUT2D eigenvalue weighted by molar-refractivity contribution is 5.97. The van der Waals surface area contributed by atoms with Crippen LogP contribution < -0.4 is 10.6 Å². The lowest BCUT2D eigenvalue weighted by molar-refractivity contribution is -0.142. The molecule has 2 fully saturated rings. The molecular weight excluding hydrogens is 468 g/mol. The lowest BCUT2D eigenvalue weighted by atomic mass is 9.93. The van der Waals surface area contributed by atoms with Crippen LogP contribution in [-0.2, 0) is 16.0 Å². The summed E-state index contributed by atoms with van der Waals surface area (Å²) in [6, 6.07) is 15.0. The van der Waals surface area contributed by atoms with E-state index < -0.39 is 12.1 Å². The van der Waals surface area contributed by atoms with Crippen LogP contribution in [0.15, 0.2) is 54.6 Å². The lowest BCUT2D eigenvalue weighted by Gasteiger charge is -2.37. The summed E-state index contributed by atoms with van der Waals surface area (Å²) >= 11 is 0. The molecule has 0 aliphatic carbocycles. The van der Waals surface area contributed by atoms with Gasteiger partial charge in [0.15, 0.2) is 5.78 Å². The van der Waals surface area contributed by atoms with Crippen molar-refractivity contribution in [3.8, 4) is 0 Å². The number of piperidine rings is 2. The molecule has 0 unspecified atom stereocenters. The summed E-state index contributed by atoms with van der Waals surface area (Å²) in [7, 11) is 0. The smallest absolute Gasteiger partial charge is 0.319 e. The summed E-state index contributed by atoms with van der Waals surface area (Å²) in [5.74, 6) is -0.0683. The number of Topliss-reactive ketones (excluding diaryl/α,β-unsaturated/α-hetero) is 1. The van der Waals surface area contributed by atoms with Gasteiger partial charge in [0.05, 0.1) is 0 Å². The molecule has 4 rings (SSSR count). The van der Waals surface area contributed by atoms with Crippen LogP contribution in [0.4, 0.5) is 10.5 Å². The van der Waals surface area contributed by atoms with Gasteiger partial charge in [-0.15, -0.1) is 0 Å². The van der Waals surface area contributed by atoms with Gasteiger partial charge in [-0.3, -0.25) is 14.4 Å². The van der Waals surface area contributed by atoms with Crippen molar-refractivity contribution in [3.05, 3.63) is 65.7 Å². The van der Waals surface area contributed by atoms with Crippen LogP contribution in [0.25, 0.3) is 0 Å². The van der Waals surface area contributed by atoms with Gasteiger partial charge in [-0.2, -0.15) is 0 Å². The second-order valence-electron chi connectivity index (χ2n) is 9.96. The summed E-state index contributed by atoms with van der Waals surface area (Å²) in [5, 5.41) is 5.59. The Labute approximate surface area is 218 Å². The van der Waals surface area contributed by atoms with Gasteiger partial charge in [0, 0.05) is 49.8 Å². The number of nitrogens with one attached hydrogen (secondary N) is 2. The molecule has 1 atom stereocenters. The SMILES string of the molecule is CC(=O)c1cccc(NC(=O)N[C@@H](Cc2ccccc2)C(=O)N2CCC(C(=O)N3CCCCC3)CC2)c1. The Morgan fingerprint density at radius 2 is 1.57 bits per heavy atom. The van der Waals surface area contributed by atoms with Crippen LogP contribution >= 0.6 is 0 Å². The van der Waals surface area contributed by atoms with Crippen LogP contribution in [0.2, 0.25) is 0 Å². The Morgan fingerprint density at radius 1 is 0.865 bits per heavy atom. The van der Waals surface area contributed by atoms with E-state index in [9.17, 15) is 19.2 Å². The van der Waals surface area contributed by atoms with Gasteiger partial charge >= 0.3 is 6.03 Å². The Kier molecular flexibility index (Phi) is 8.93. The van der Waals surface area contributed by atoms with E-state index in [0.717, 1.165) is 31.5 Å². The van der Waals surface area contributed by atoms with Gasteiger partial charge in [-0.25, -0.2) is 4.79 Å². The van der Waals surface area contributed by atoms with E-state index in [1.54, 1.807) is 29.2 Å². The highest BCUT2D eigenvalue weighted by Gasteiger charge is 2.33.